The first-order valence-corrected chi connectivity index (χ1v) is 9.65. The van der Waals surface area contributed by atoms with Gasteiger partial charge in [0.15, 0.2) is 0 Å². The highest BCUT2D eigenvalue weighted by atomic mass is 19.1. The van der Waals surface area contributed by atoms with E-state index in [0.717, 1.165) is 17.7 Å². The number of aliphatic hydroxyl groups excluding tert-OH is 2. The summed E-state index contributed by atoms with van der Waals surface area (Å²) in [4.78, 5) is 24.1. The molecule has 5 N–H and O–H groups in total. The minimum Gasteiger partial charge on any atom is -0.388 e. The fraction of sp³-hybridized carbons (Fsp3) is 0.333. The molecule has 1 aliphatic heterocycles. The molecule has 10 heteroatoms. The Morgan fingerprint density at radius 2 is 1.68 bits per heavy atom. The van der Waals surface area contributed by atoms with Crippen LogP contribution in [0.2, 0.25) is 0 Å². The molecule has 0 saturated carbocycles. The van der Waals surface area contributed by atoms with Gasteiger partial charge in [0, 0.05) is 19.2 Å². The summed E-state index contributed by atoms with van der Waals surface area (Å²) in [5.74, 6) is -2.08. The van der Waals surface area contributed by atoms with Crippen molar-refractivity contribution in [1.29, 1.82) is 0 Å². The third-order valence-corrected chi connectivity index (χ3v) is 4.82. The molecule has 4 unspecified atom stereocenters. The highest BCUT2D eigenvalue weighted by Crippen LogP contribution is 2.23. The summed E-state index contributed by atoms with van der Waals surface area (Å²) in [6.45, 7) is 0.116. The molecule has 2 aromatic carbocycles. The zero-order chi connectivity index (χ0) is 22.4. The lowest BCUT2D eigenvalue weighted by molar-refractivity contribution is -0.125. The number of amides is 3. The van der Waals surface area contributed by atoms with Gasteiger partial charge in [0.05, 0.1) is 18.2 Å². The molecule has 0 radical (unpaired) electrons. The average molecular weight is 435 g/mol. The van der Waals surface area contributed by atoms with Crippen LogP contribution in [0.3, 0.4) is 0 Å². The summed E-state index contributed by atoms with van der Waals surface area (Å²) in [6, 6.07) is 11.2. The van der Waals surface area contributed by atoms with Gasteiger partial charge in [-0.05, 0) is 17.7 Å². The number of carbonyl (C=O) groups excluding carboxylic acids is 2. The van der Waals surface area contributed by atoms with E-state index in [-0.39, 0.29) is 24.6 Å². The fourth-order valence-electron chi connectivity index (χ4n) is 3.17. The molecule has 1 aliphatic rings. The van der Waals surface area contributed by atoms with Gasteiger partial charge in [-0.3, -0.25) is 4.79 Å². The molecular weight excluding hydrogens is 412 g/mol. The van der Waals surface area contributed by atoms with Crippen LogP contribution in [0.5, 0.6) is 0 Å². The second-order valence-corrected chi connectivity index (χ2v) is 7.12. The molecule has 3 amide bonds. The van der Waals surface area contributed by atoms with Gasteiger partial charge < -0.3 is 30.9 Å². The monoisotopic (exact) mass is 435 g/mol. The van der Waals surface area contributed by atoms with Gasteiger partial charge in [-0.1, -0.05) is 30.3 Å². The van der Waals surface area contributed by atoms with E-state index in [9.17, 15) is 28.6 Å². The number of carbonyl (C=O) groups is 2. The van der Waals surface area contributed by atoms with Crippen LogP contribution in [0, 0.1) is 11.6 Å². The quantitative estimate of drug-likeness (QED) is 0.449. The first-order chi connectivity index (χ1) is 14.8. The third kappa shape index (κ3) is 6.20. The summed E-state index contributed by atoms with van der Waals surface area (Å²) >= 11 is 0. The van der Waals surface area contributed by atoms with Gasteiger partial charge in [-0.2, -0.15) is 0 Å². The van der Waals surface area contributed by atoms with E-state index in [1.807, 2.05) is 30.3 Å². The Morgan fingerprint density at radius 3 is 2.39 bits per heavy atom. The summed E-state index contributed by atoms with van der Waals surface area (Å²) < 4.78 is 32.0. The molecule has 0 bridgehead atoms. The Bertz CT molecular complexity index is 915. The van der Waals surface area contributed by atoms with E-state index in [2.05, 4.69) is 16.0 Å². The Hall–Kier alpha value is -3.08. The molecule has 3 rings (SSSR count). The van der Waals surface area contributed by atoms with Crippen molar-refractivity contribution in [3.63, 3.8) is 0 Å². The Balaban J connectivity index is 1.45. The number of halogens is 2. The summed E-state index contributed by atoms with van der Waals surface area (Å²) in [5.41, 5.74) is 0.689. The van der Waals surface area contributed by atoms with Crippen LogP contribution in [0.4, 0.5) is 19.3 Å². The zero-order valence-electron chi connectivity index (χ0n) is 16.4. The van der Waals surface area contributed by atoms with Crippen LogP contribution in [0.25, 0.3) is 0 Å². The Kier molecular flexibility index (Phi) is 7.50. The maximum absolute atomic E-state index is 13.6. The standard InChI is InChI=1S/C21H23F2N3O5/c22-13-6-7-15(14(23)8-13)26-21(30)25-11-17-20(29)19(28)16(31-17)9-18(27)24-10-12-4-2-1-3-5-12/h1-8,16-17,19-20,28-29H,9-11H2,(H,24,27)(H2,25,26,30). The molecule has 0 aromatic heterocycles. The lowest BCUT2D eigenvalue weighted by Gasteiger charge is -2.16. The number of benzene rings is 2. The summed E-state index contributed by atoms with van der Waals surface area (Å²) in [5, 5.41) is 27.6. The van der Waals surface area contributed by atoms with Crippen molar-refractivity contribution in [1.82, 2.24) is 10.6 Å². The van der Waals surface area contributed by atoms with Crippen LogP contribution >= 0.6 is 0 Å². The number of hydrogen-bond acceptors (Lipinski definition) is 5. The van der Waals surface area contributed by atoms with Crippen LogP contribution in [-0.2, 0) is 16.1 Å². The van der Waals surface area contributed by atoms with Gasteiger partial charge in [0.1, 0.15) is 29.9 Å². The van der Waals surface area contributed by atoms with E-state index >= 15 is 0 Å². The van der Waals surface area contributed by atoms with Crippen molar-refractivity contribution in [2.24, 2.45) is 0 Å². The van der Waals surface area contributed by atoms with Crippen LogP contribution < -0.4 is 16.0 Å². The van der Waals surface area contributed by atoms with Crippen molar-refractivity contribution in [3.8, 4) is 0 Å². The predicted octanol–water partition coefficient (Wildman–Crippen LogP) is 1.28. The largest absolute Gasteiger partial charge is 0.388 e. The molecule has 166 valence electrons. The second-order valence-electron chi connectivity index (χ2n) is 7.12. The van der Waals surface area contributed by atoms with E-state index in [1.54, 1.807) is 0 Å². The van der Waals surface area contributed by atoms with Crippen LogP contribution in [0.15, 0.2) is 48.5 Å². The first-order valence-electron chi connectivity index (χ1n) is 9.65. The van der Waals surface area contributed by atoms with E-state index in [4.69, 9.17) is 4.74 Å². The van der Waals surface area contributed by atoms with Crippen molar-refractivity contribution in [2.45, 2.75) is 37.4 Å². The van der Waals surface area contributed by atoms with Crippen molar-refractivity contribution in [3.05, 3.63) is 65.7 Å². The van der Waals surface area contributed by atoms with E-state index < -0.39 is 42.1 Å². The van der Waals surface area contributed by atoms with Gasteiger partial charge >= 0.3 is 6.03 Å². The third-order valence-electron chi connectivity index (χ3n) is 4.82. The fourth-order valence-corrected chi connectivity index (χ4v) is 3.17. The van der Waals surface area contributed by atoms with Crippen molar-refractivity contribution in [2.75, 3.05) is 11.9 Å². The number of hydrogen-bond donors (Lipinski definition) is 5. The zero-order valence-corrected chi connectivity index (χ0v) is 16.4. The molecule has 31 heavy (non-hydrogen) atoms. The molecule has 1 saturated heterocycles. The first kappa shape index (κ1) is 22.6. The van der Waals surface area contributed by atoms with Gasteiger partial charge in [0.2, 0.25) is 5.91 Å². The molecule has 0 spiro atoms. The number of rotatable bonds is 7. The average Bonchev–Trinajstić information content (AvgIpc) is 3.01. The molecular formula is C21H23F2N3O5. The minimum absolute atomic E-state index is 0.172. The van der Waals surface area contributed by atoms with Crippen LogP contribution in [-0.4, -0.2) is 53.1 Å². The molecule has 1 fully saturated rings. The Labute approximate surface area is 177 Å². The maximum Gasteiger partial charge on any atom is 0.319 e. The predicted molar refractivity (Wildman–Crippen MR) is 107 cm³/mol. The number of urea groups is 1. The Morgan fingerprint density at radius 1 is 0.968 bits per heavy atom. The van der Waals surface area contributed by atoms with Gasteiger partial charge in [-0.15, -0.1) is 0 Å². The highest BCUT2D eigenvalue weighted by Gasteiger charge is 2.43. The van der Waals surface area contributed by atoms with Gasteiger partial charge in [-0.25, -0.2) is 13.6 Å². The van der Waals surface area contributed by atoms with Gasteiger partial charge in [0.25, 0.3) is 0 Å². The number of nitrogens with one attached hydrogen (secondary N) is 3. The normalized spacial score (nSPS) is 22.7. The number of ether oxygens (including phenoxy) is 1. The lowest BCUT2D eigenvalue weighted by Crippen LogP contribution is -2.41. The SMILES string of the molecule is O=C(CC1OC(CNC(=O)Nc2ccc(F)cc2F)C(O)C1O)NCc1ccccc1. The van der Waals surface area contributed by atoms with Crippen LogP contribution in [0.1, 0.15) is 12.0 Å². The number of anilines is 1. The summed E-state index contributed by atoms with van der Waals surface area (Å²) in [7, 11) is 0. The molecule has 4 atom stereocenters. The molecule has 8 nitrogen and oxygen atoms in total. The smallest absolute Gasteiger partial charge is 0.319 e. The van der Waals surface area contributed by atoms with E-state index in [0.29, 0.717) is 12.6 Å². The number of aliphatic hydroxyl groups is 2. The maximum atomic E-state index is 13.6. The molecule has 2 aromatic rings. The highest BCUT2D eigenvalue weighted by molar-refractivity contribution is 5.89. The lowest BCUT2D eigenvalue weighted by atomic mass is 10.1. The summed E-state index contributed by atoms with van der Waals surface area (Å²) in [6.07, 6.45) is -4.73. The van der Waals surface area contributed by atoms with Crippen molar-refractivity contribution >= 4 is 17.6 Å². The minimum atomic E-state index is -1.32. The second kappa shape index (κ2) is 10.3. The van der Waals surface area contributed by atoms with E-state index in [1.165, 1.54) is 0 Å². The molecule has 0 aliphatic carbocycles. The van der Waals surface area contributed by atoms with Crippen molar-refractivity contribution < 1.29 is 33.3 Å². The molecule has 1 heterocycles. The topological polar surface area (TPSA) is 120 Å².